The number of unbranched alkanes of at least 4 members (excludes halogenated alkanes) is 3. The highest BCUT2D eigenvalue weighted by Gasteiger charge is 1.90. The summed E-state index contributed by atoms with van der Waals surface area (Å²) >= 11 is 0. The molecule has 0 heterocycles. The third kappa shape index (κ3) is 7.60. The number of hydrogen-bond acceptors (Lipinski definition) is 1. The Morgan fingerprint density at radius 1 is 1.27 bits per heavy atom. The Morgan fingerprint density at radius 2 is 2.00 bits per heavy atom. The highest BCUT2D eigenvalue weighted by molar-refractivity contribution is 4.87. The molecule has 0 radical (unpaired) electrons. The average molecular weight is 156 g/mol. The first-order valence-electron chi connectivity index (χ1n) is 4.66. The van der Waals surface area contributed by atoms with Crippen molar-refractivity contribution in [3.63, 3.8) is 0 Å². The fourth-order valence-corrected chi connectivity index (χ4v) is 0.902. The number of rotatable bonds is 6. The van der Waals surface area contributed by atoms with Gasteiger partial charge in [-0.05, 0) is 19.3 Å². The van der Waals surface area contributed by atoms with Crippen molar-refractivity contribution in [2.45, 2.75) is 52.1 Å². The molecule has 0 aliphatic heterocycles. The summed E-state index contributed by atoms with van der Waals surface area (Å²) in [5.74, 6) is 0. The van der Waals surface area contributed by atoms with Crippen LogP contribution in [0.4, 0.5) is 0 Å². The van der Waals surface area contributed by atoms with Crippen molar-refractivity contribution >= 4 is 0 Å². The van der Waals surface area contributed by atoms with E-state index in [2.05, 4.69) is 13.0 Å². The quantitative estimate of drug-likeness (QED) is 0.463. The van der Waals surface area contributed by atoms with E-state index in [1.54, 1.807) is 0 Å². The first-order valence-corrected chi connectivity index (χ1v) is 4.66. The molecule has 0 spiro atoms. The molecule has 0 aliphatic carbocycles. The second-order valence-electron chi connectivity index (χ2n) is 2.90. The Labute approximate surface area is 70.1 Å². The summed E-state index contributed by atoms with van der Waals surface area (Å²) in [6, 6.07) is 0. The first kappa shape index (κ1) is 10.7. The van der Waals surface area contributed by atoms with Crippen LogP contribution in [0.2, 0.25) is 0 Å². The van der Waals surface area contributed by atoms with Crippen molar-refractivity contribution < 1.29 is 5.11 Å². The van der Waals surface area contributed by atoms with Gasteiger partial charge in [0.25, 0.3) is 0 Å². The summed E-state index contributed by atoms with van der Waals surface area (Å²) < 4.78 is 0. The van der Waals surface area contributed by atoms with E-state index in [4.69, 9.17) is 5.11 Å². The van der Waals surface area contributed by atoms with Crippen molar-refractivity contribution in [2.75, 3.05) is 0 Å². The van der Waals surface area contributed by atoms with Crippen molar-refractivity contribution in [1.29, 1.82) is 0 Å². The van der Waals surface area contributed by atoms with E-state index in [9.17, 15) is 0 Å². The second-order valence-corrected chi connectivity index (χ2v) is 2.90. The molecule has 0 amide bonds. The number of aliphatic hydroxyl groups is 1. The monoisotopic (exact) mass is 156 g/mol. The maximum atomic E-state index is 9.13. The van der Waals surface area contributed by atoms with Gasteiger partial charge in [0.2, 0.25) is 0 Å². The molecular formula is C10H20O. The molecule has 0 aromatic carbocycles. The Morgan fingerprint density at radius 3 is 2.55 bits per heavy atom. The van der Waals surface area contributed by atoms with Crippen molar-refractivity contribution in [3.05, 3.63) is 12.2 Å². The van der Waals surface area contributed by atoms with Gasteiger partial charge in [0, 0.05) is 0 Å². The molecule has 1 atom stereocenters. The molecule has 11 heavy (non-hydrogen) atoms. The lowest BCUT2D eigenvalue weighted by Crippen LogP contribution is -1.97. The summed E-state index contributed by atoms with van der Waals surface area (Å²) in [5.41, 5.74) is 0. The Hall–Kier alpha value is -0.300. The van der Waals surface area contributed by atoms with E-state index in [-0.39, 0.29) is 6.10 Å². The van der Waals surface area contributed by atoms with E-state index in [1.807, 2.05) is 13.0 Å². The van der Waals surface area contributed by atoms with E-state index >= 15 is 0 Å². The first-order chi connectivity index (χ1) is 5.31. The largest absolute Gasteiger partial charge is 0.389 e. The average Bonchev–Trinajstić information content (AvgIpc) is 2.04. The summed E-state index contributed by atoms with van der Waals surface area (Å²) in [5, 5.41) is 9.13. The van der Waals surface area contributed by atoms with Crippen molar-refractivity contribution in [1.82, 2.24) is 0 Å². The molecule has 0 saturated carbocycles. The molecule has 0 aromatic rings. The van der Waals surface area contributed by atoms with Gasteiger partial charge in [-0.25, -0.2) is 0 Å². The molecule has 66 valence electrons. The van der Waals surface area contributed by atoms with Crippen LogP contribution in [0.15, 0.2) is 12.2 Å². The van der Waals surface area contributed by atoms with Gasteiger partial charge < -0.3 is 5.11 Å². The van der Waals surface area contributed by atoms with Gasteiger partial charge in [-0.15, -0.1) is 0 Å². The minimum atomic E-state index is -0.225. The summed E-state index contributed by atoms with van der Waals surface area (Å²) in [6.07, 6.45) is 9.52. The van der Waals surface area contributed by atoms with Crippen LogP contribution in [-0.4, -0.2) is 11.2 Å². The van der Waals surface area contributed by atoms with Crippen LogP contribution in [0.5, 0.6) is 0 Å². The standard InChI is InChI=1S/C10H20O/c1-3-5-6-7-8-9-10(11)4-2/h8-11H,3-7H2,1-2H3. The van der Waals surface area contributed by atoms with Gasteiger partial charge >= 0.3 is 0 Å². The number of aliphatic hydroxyl groups excluding tert-OH is 1. The third-order valence-electron chi connectivity index (χ3n) is 1.75. The van der Waals surface area contributed by atoms with Gasteiger partial charge in [-0.2, -0.15) is 0 Å². The molecule has 0 aliphatic rings. The molecule has 1 N–H and O–H groups in total. The molecule has 1 nitrogen and oxygen atoms in total. The lowest BCUT2D eigenvalue weighted by atomic mass is 10.2. The van der Waals surface area contributed by atoms with Crippen molar-refractivity contribution in [3.8, 4) is 0 Å². The van der Waals surface area contributed by atoms with Crippen LogP contribution < -0.4 is 0 Å². The van der Waals surface area contributed by atoms with Gasteiger partial charge in [0.1, 0.15) is 0 Å². The Kier molecular flexibility index (Phi) is 7.59. The highest BCUT2D eigenvalue weighted by Crippen LogP contribution is 2.01. The van der Waals surface area contributed by atoms with E-state index in [0.29, 0.717) is 0 Å². The van der Waals surface area contributed by atoms with Crippen LogP contribution >= 0.6 is 0 Å². The SMILES string of the molecule is CCCCCC=CC(O)CC. The minimum Gasteiger partial charge on any atom is -0.389 e. The zero-order chi connectivity index (χ0) is 8.53. The van der Waals surface area contributed by atoms with Crippen LogP contribution in [-0.2, 0) is 0 Å². The Balaban J connectivity index is 3.15. The van der Waals surface area contributed by atoms with Gasteiger partial charge in [-0.3, -0.25) is 0 Å². The second kappa shape index (κ2) is 7.80. The third-order valence-corrected chi connectivity index (χ3v) is 1.75. The van der Waals surface area contributed by atoms with Crippen LogP contribution in [0, 0.1) is 0 Å². The van der Waals surface area contributed by atoms with Crippen LogP contribution in [0.1, 0.15) is 46.0 Å². The van der Waals surface area contributed by atoms with Crippen LogP contribution in [0.3, 0.4) is 0 Å². The normalized spacial score (nSPS) is 14.1. The molecule has 0 rings (SSSR count). The van der Waals surface area contributed by atoms with E-state index in [1.165, 1.54) is 19.3 Å². The molecule has 0 bridgehead atoms. The van der Waals surface area contributed by atoms with E-state index in [0.717, 1.165) is 12.8 Å². The molecular weight excluding hydrogens is 136 g/mol. The summed E-state index contributed by atoms with van der Waals surface area (Å²) in [7, 11) is 0. The number of allylic oxidation sites excluding steroid dienone is 1. The van der Waals surface area contributed by atoms with Crippen LogP contribution in [0.25, 0.3) is 0 Å². The molecule has 0 fully saturated rings. The van der Waals surface area contributed by atoms with Gasteiger partial charge in [0.15, 0.2) is 0 Å². The summed E-state index contributed by atoms with van der Waals surface area (Å²) in [6.45, 7) is 4.19. The molecule has 0 aromatic heterocycles. The Bertz CT molecular complexity index is 97.0. The maximum Gasteiger partial charge on any atom is 0.0718 e. The molecule has 0 saturated heterocycles. The molecule has 1 unspecified atom stereocenters. The maximum absolute atomic E-state index is 9.13. The van der Waals surface area contributed by atoms with Crippen molar-refractivity contribution in [2.24, 2.45) is 0 Å². The fraction of sp³-hybridized carbons (Fsp3) is 0.800. The van der Waals surface area contributed by atoms with E-state index < -0.39 is 0 Å². The zero-order valence-electron chi connectivity index (χ0n) is 7.71. The topological polar surface area (TPSA) is 20.2 Å². The lowest BCUT2D eigenvalue weighted by molar-refractivity contribution is 0.219. The number of hydrogen-bond donors (Lipinski definition) is 1. The zero-order valence-corrected chi connectivity index (χ0v) is 7.71. The molecule has 1 heteroatoms. The highest BCUT2D eigenvalue weighted by atomic mass is 16.3. The lowest BCUT2D eigenvalue weighted by Gasteiger charge is -1.98. The predicted octanol–water partition coefficient (Wildman–Crippen LogP) is 2.89. The van der Waals surface area contributed by atoms with Gasteiger partial charge in [-0.1, -0.05) is 38.8 Å². The smallest absolute Gasteiger partial charge is 0.0718 e. The van der Waals surface area contributed by atoms with Gasteiger partial charge in [0.05, 0.1) is 6.10 Å². The summed E-state index contributed by atoms with van der Waals surface area (Å²) in [4.78, 5) is 0. The predicted molar refractivity (Wildman–Crippen MR) is 49.6 cm³/mol. The minimum absolute atomic E-state index is 0.225. The fourth-order valence-electron chi connectivity index (χ4n) is 0.902.